The van der Waals surface area contributed by atoms with Crippen molar-refractivity contribution in [1.29, 1.82) is 0 Å². The number of hydrogen-bond donors (Lipinski definition) is 5. The molecule has 23 heteroatoms. The van der Waals surface area contributed by atoms with Gasteiger partial charge < -0.3 is 45.2 Å². The predicted octanol–water partition coefficient (Wildman–Crippen LogP) is 4.20. The highest BCUT2D eigenvalue weighted by atomic mass is 32.2. The van der Waals surface area contributed by atoms with Gasteiger partial charge in [0, 0.05) is 66.0 Å². The number of amides is 5. The Balaban J connectivity index is 0.986. The number of alkyl carbamates (subject to hydrolysis) is 1. The van der Waals surface area contributed by atoms with Crippen LogP contribution in [0.15, 0.2) is 59.1 Å². The van der Waals surface area contributed by atoms with E-state index in [9.17, 15) is 64.3 Å². The van der Waals surface area contributed by atoms with Crippen LogP contribution in [0.25, 0.3) is 0 Å². The van der Waals surface area contributed by atoms with Gasteiger partial charge in [-0.2, -0.15) is 0 Å². The van der Waals surface area contributed by atoms with Gasteiger partial charge in [0.05, 0.1) is 46.5 Å². The first-order chi connectivity index (χ1) is 32.9. The van der Waals surface area contributed by atoms with Crippen LogP contribution in [-0.2, 0) is 41.9 Å². The molecule has 69 heavy (non-hydrogen) atoms. The number of nitro benzene ring substituents is 2. The number of non-ortho nitro benzene ring substituents is 2. The fraction of sp³-hybridized carbons (Fsp3) is 0.565. The van der Waals surface area contributed by atoms with Crippen molar-refractivity contribution in [3.05, 3.63) is 90.5 Å². The largest absolute Gasteiger partial charge is 0.477 e. The van der Waals surface area contributed by atoms with Crippen LogP contribution in [-0.4, -0.2) is 137 Å². The zero-order chi connectivity index (χ0) is 49.7. The number of nitrogens with zero attached hydrogens (tertiary/aromatic N) is 5. The molecule has 7 rings (SSSR count). The van der Waals surface area contributed by atoms with E-state index < -0.39 is 99.2 Å². The number of rotatable bonds is 18. The van der Waals surface area contributed by atoms with E-state index in [1.54, 1.807) is 6.92 Å². The van der Waals surface area contributed by atoms with E-state index in [2.05, 4.69) is 10.6 Å². The Hall–Kier alpha value is -6.33. The average molecular weight is 980 g/mol. The monoisotopic (exact) mass is 979 g/mol. The number of ether oxygens (including phenoxy) is 2. The van der Waals surface area contributed by atoms with Crippen LogP contribution in [0.2, 0.25) is 0 Å². The molecule has 0 bridgehead atoms. The molecule has 9 atom stereocenters. The molecule has 5 amide bonds. The molecule has 5 aliphatic rings. The van der Waals surface area contributed by atoms with Crippen molar-refractivity contribution in [2.45, 2.75) is 126 Å². The molecule has 2 aromatic rings. The lowest BCUT2D eigenvalue weighted by molar-refractivity contribution is -0.385. The minimum Gasteiger partial charge on any atom is -0.477 e. The number of benzene rings is 2. The fourth-order valence-corrected chi connectivity index (χ4v) is 11.7. The van der Waals surface area contributed by atoms with Crippen LogP contribution in [0.5, 0.6) is 0 Å². The van der Waals surface area contributed by atoms with Gasteiger partial charge in [0.15, 0.2) is 0 Å². The van der Waals surface area contributed by atoms with E-state index in [1.807, 2.05) is 0 Å². The van der Waals surface area contributed by atoms with Crippen LogP contribution in [0.3, 0.4) is 0 Å². The van der Waals surface area contributed by atoms with Gasteiger partial charge in [0.2, 0.25) is 17.7 Å². The number of carboxylic acid groups (broad SMARTS) is 1. The van der Waals surface area contributed by atoms with Crippen LogP contribution >= 0.6 is 11.8 Å². The van der Waals surface area contributed by atoms with Gasteiger partial charge in [-0.05, 0) is 67.5 Å². The van der Waals surface area contributed by atoms with E-state index >= 15 is 0 Å². The fourth-order valence-electron chi connectivity index (χ4n) is 10.2. The summed E-state index contributed by atoms with van der Waals surface area (Å²) in [5.74, 6) is -3.80. The number of β-lactam (4-membered cyclic amide) rings is 1. The molecule has 4 heterocycles. The van der Waals surface area contributed by atoms with Crippen molar-refractivity contribution in [2.24, 2.45) is 17.8 Å². The molecule has 372 valence electrons. The number of aliphatic hydroxyl groups excluding tert-OH is 2. The number of hydrogen-bond acceptors (Lipinski definition) is 15. The summed E-state index contributed by atoms with van der Waals surface area (Å²) in [5.41, 5.74) is 0.519. The molecule has 0 radical (unpaired) electrons. The van der Waals surface area contributed by atoms with Crippen molar-refractivity contribution in [3.8, 4) is 0 Å². The third kappa shape index (κ3) is 11.8. The van der Waals surface area contributed by atoms with E-state index in [4.69, 9.17) is 9.47 Å². The molecule has 2 aromatic carbocycles. The zero-order valence-electron chi connectivity index (χ0n) is 38.2. The van der Waals surface area contributed by atoms with E-state index in [-0.39, 0.29) is 68.7 Å². The second kappa shape index (κ2) is 22.0. The number of fused-ring (bicyclic) bond motifs is 1. The Morgan fingerprint density at radius 3 is 2.07 bits per heavy atom. The number of likely N-dealkylation sites (tertiary alicyclic amines) is 2. The number of carbonyl (C=O) groups excluding carboxylic acids is 5. The van der Waals surface area contributed by atoms with Crippen LogP contribution in [0.1, 0.15) is 82.8 Å². The summed E-state index contributed by atoms with van der Waals surface area (Å²) in [4.78, 5) is 106. The average Bonchev–Trinajstić information content (AvgIpc) is 4.03. The summed E-state index contributed by atoms with van der Waals surface area (Å²) < 4.78 is 11.0. The number of aliphatic hydroxyl groups is 2. The second-order valence-electron chi connectivity index (χ2n) is 18.5. The Kier molecular flexibility index (Phi) is 16.1. The summed E-state index contributed by atoms with van der Waals surface area (Å²) in [7, 11) is 0. The van der Waals surface area contributed by atoms with E-state index in [0.717, 1.165) is 43.9 Å². The van der Waals surface area contributed by atoms with Crippen molar-refractivity contribution in [2.75, 3.05) is 19.6 Å². The Morgan fingerprint density at radius 1 is 0.884 bits per heavy atom. The number of nitrogens with one attached hydrogen (secondary N) is 2. The first kappa shape index (κ1) is 50.5. The van der Waals surface area contributed by atoms with Gasteiger partial charge in [0.25, 0.3) is 11.4 Å². The van der Waals surface area contributed by atoms with Crippen LogP contribution in [0.4, 0.5) is 21.0 Å². The van der Waals surface area contributed by atoms with Gasteiger partial charge in [-0.3, -0.25) is 39.5 Å². The summed E-state index contributed by atoms with van der Waals surface area (Å²) >= 11 is 1.16. The number of nitro groups is 2. The van der Waals surface area contributed by atoms with E-state index in [0.29, 0.717) is 28.9 Å². The third-order valence-corrected chi connectivity index (χ3v) is 15.2. The smallest absolute Gasteiger partial charge is 0.410 e. The highest BCUT2D eigenvalue weighted by Gasteiger charge is 2.60. The molecule has 22 nitrogen and oxygen atoms in total. The zero-order valence-corrected chi connectivity index (χ0v) is 39.0. The minimum atomic E-state index is -1.32. The Morgan fingerprint density at radius 2 is 1.49 bits per heavy atom. The lowest BCUT2D eigenvalue weighted by Gasteiger charge is -2.46. The molecule has 0 spiro atoms. The maximum Gasteiger partial charge on any atom is 0.410 e. The highest BCUT2D eigenvalue weighted by molar-refractivity contribution is 8.03. The third-order valence-electron chi connectivity index (χ3n) is 13.8. The van der Waals surface area contributed by atoms with Gasteiger partial charge in [-0.1, -0.05) is 39.0 Å². The molecule has 4 aliphatic heterocycles. The van der Waals surface area contributed by atoms with Crippen molar-refractivity contribution in [3.63, 3.8) is 0 Å². The van der Waals surface area contributed by atoms with Crippen LogP contribution < -0.4 is 10.6 Å². The quantitative estimate of drug-likeness (QED) is 0.0794. The van der Waals surface area contributed by atoms with Crippen molar-refractivity contribution in [1.82, 2.24) is 25.3 Å². The number of carboxylic acids is 1. The van der Waals surface area contributed by atoms with E-state index in [1.165, 1.54) is 70.2 Å². The molecule has 0 unspecified atom stereocenters. The second-order valence-corrected chi connectivity index (χ2v) is 19.8. The molecule has 5 N–H and O–H groups in total. The molecular weight excluding hydrogens is 923 g/mol. The maximum absolute atomic E-state index is 14.4. The number of carbonyl (C=O) groups is 6. The lowest BCUT2D eigenvalue weighted by Crippen LogP contribution is -2.63. The SMILES string of the molecule is C[C@@H](O)[C@H]1C(=O)N2C(C(=O)O)=C(S[C@H]3C[C@@H](C(=O)N4CC[C@H](NC(=O)C[C@H](O)[C@H](CC5CCCCC5)NC(=O)OCc5ccc([N+](=O)[O-])cc5)C4)N(C(=O)OCc4ccc([N+](=O)[O-])cc4)C3)[C@H](C)[C@H]12. The first-order valence-corrected chi connectivity index (χ1v) is 24.0. The molecule has 3 saturated heterocycles. The van der Waals surface area contributed by atoms with Gasteiger partial charge in [-0.15, -0.1) is 11.8 Å². The Labute approximate surface area is 401 Å². The standard InChI is InChI=1S/C46H57N7O15S/c1-25-39-38(26(2)54)43(58)51(39)40(44(59)60)41(25)69-33-19-35(50(22-33)46(62)68-24-29-10-14-32(15-11-29)53(65)66)42(57)49-17-16-30(21-49)47-37(56)20-36(55)34(18-27-6-4-3-5-7-27)48-45(61)67-23-28-8-12-31(13-9-28)52(63)64/h8-15,25-27,30,33-36,38-39,54-55H,3-7,16-24H2,1-2H3,(H,47,56)(H,48,61)(H,59,60)/t25-,26-,30+,33+,34+,35+,36+,38-,39-/m1/s1. The molecular formula is C46H57N7O15S. The molecule has 4 fully saturated rings. The Bertz CT molecular complexity index is 2330. The predicted molar refractivity (Wildman–Crippen MR) is 245 cm³/mol. The number of aliphatic carboxylic acids is 1. The molecule has 1 saturated carbocycles. The van der Waals surface area contributed by atoms with Gasteiger partial charge in [-0.25, -0.2) is 14.4 Å². The van der Waals surface area contributed by atoms with Crippen molar-refractivity contribution < 1.29 is 63.4 Å². The molecule has 1 aliphatic carbocycles. The normalized spacial score (nSPS) is 24.8. The molecule has 0 aromatic heterocycles. The van der Waals surface area contributed by atoms with Gasteiger partial charge >= 0.3 is 18.2 Å². The summed E-state index contributed by atoms with van der Waals surface area (Å²) in [6, 6.07) is 7.97. The summed E-state index contributed by atoms with van der Waals surface area (Å²) in [5, 5.41) is 59.2. The van der Waals surface area contributed by atoms with Gasteiger partial charge in [0.1, 0.15) is 25.0 Å². The van der Waals surface area contributed by atoms with Crippen molar-refractivity contribution >= 4 is 59.0 Å². The lowest BCUT2D eigenvalue weighted by atomic mass is 9.79. The highest BCUT2D eigenvalue weighted by Crippen LogP contribution is 2.52. The minimum absolute atomic E-state index is 0.0335. The topological polar surface area (TPSA) is 302 Å². The first-order valence-electron chi connectivity index (χ1n) is 23.1. The summed E-state index contributed by atoms with van der Waals surface area (Å²) in [6.07, 6.45) is 1.42. The number of thioether (sulfide) groups is 1. The van der Waals surface area contributed by atoms with Crippen LogP contribution in [0, 0.1) is 38.0 Å². The maximum atomic E-state index is 14.4. The summed E-state index contributed by atoms with van der Waals surface area (Å²) in [6.45, 7) is 3.07.